The fourth-order valence-corrected chi connectivity index (χ4v) is 1.52. The molecule has 0 amide bonds. The SMILES string of the molecule is CC(C)(C)Oc1cc(OC2CC2)cc([N+](=O)[O-])c1. The Balaban J connectivity index is 2.26. The van der Waals surface area contributed by atoms with Gasteiger partial charge >= 0.3 is 0 Å². The Kier molecular flexibility index (Phi) is 3.15. The van der Waals surface area contributed by atoms with Crippen LogP contribution in [0.25, 0.3) is 0 Å². The maximum absolute atomic E-state index is 10.9. The van der Waals surface area contributed by atoms with E-state index in [1.165, 1.54) is 12.1 Å². The number of ether oxygens (including phenoxy) is 2. The van der Waals surface area contributed by atoms with Crippen LogP contribution in [0.4, 0.5) is 5.69 Å². The monoisotopic (exact) mass is 251 g/mol. The van der Waals surface area contributed by atoms with Gasteiger partial charge in [-0.15, -0.1) is 0 Å². The van der Waals surface area contributed by atoms with Gasteiger partial charge in [-0.25, -0.2) is 0 Å². The van der Waals surface area contributed by atoms with E-state index < -0.39 is 10.5 Å². The number of non-ortho nitro benzene ring substituents is 1. The first-order valence-corrected chi connectivity index (χ1v) is 5.99. The molecule has 98 valence electrons. The van der Waals surface area contributed by atoms with E-state index >= 15 is 0 Å². The summed E-state index contributed by atoms with van der Waals surface area (Å²) in [6, 6.07) is 4.56. The number of nitrogens with zero attached hydrogens (tertiary/aromatic N) is 1. The van der Waals surface area contributed by atoms with E-state index in [4.69, 9.17) is 9.47 Å². The summed E-state index contributed by atoms with van der Waals surface area (Å²) in [5.74, 6) is 0.971. The van der Waals surface area contributed by atoms with Gasteiger partial charge in [0.15, 0.2) is 0 Å². The zero-order chi connectivity index (χ0) is 13.3. The summed E-state index contributed by atoms with van der Waals surface area (Å²) in [4.78, 5) is 10.4. The first-order chi connectivity index (χ1) is 8.33. The fraction of sp³-hybridized carbons (Fsp3) is 0.538. The van der Waals surface area contributed by atoms with Crippen molar-refractivity contribution in [1.29, 1.82) is 0 Å². The Hall–Kier alpha value is -1.78. The fourth-order valence-electron chi connectivity index (χ4n) is 1.52. The Bertz CT molecular complexity index is 461. The molecule has 1 aromatic carbocycles. The van der Waals surface area contributed by atoms with Crippen molar-refractivity contribution < 1.29 is 14.4 Å². The van der Waals surface area contributed by atoms with E-state index in [-0.39, 0.29) is 11.8 Å². The standard InChI is InChI=1S/C13H17NO4/c1-13(2,3)18-12-7-9(14(15)16)6-11(8-12)17-10-4-5-10/h6-8,10H,4-5H2,1-3H3. The number of benzene rings is 1. The molecule has 1 aliphatic rings. The second-order valence-corrected chi connectivity index (χ2v) is 5.45. The first kappa shape index (κ1) is 12.7. The average Bonchev–Trinajstić information content (AvgIpc) is 2.98. The van der Waals surface area contributed by atoms with Crippen molar-refractivity contribution in [2.45, 2.75) is 45.3 Å². The highest BCUT2D eigenvalue weighted by molar-refractivity contribution is 5.46. The van der Waals surface area contributed by atoms with E-state index in [0.29, 0.717) is 11.5 Å². The lowest BCUT2D eigenvalue weighted by molar-refractivity contribution is -0.385. The summed E-state index contributed by atoms with van der Waals surface area (Å²) in [6.45, 7) is 5.69. The zero-order valence-corrected chi connectivity index (χ0v) is 10.8. The van der Waals surface area contributed by atoms with Gasteiger partial charge in [-0.05, 0) is 33.6 Å². The molecule has 0 saturated heterocycles. The van der Waals surface area contributed by atoms with Crippen LogP contribution in [0.3, 0.4) is 0 Å². The third-order valence-electron chi connectivity index (χ3n) is 2.33. The minimum atomic E-state index is -0.435. The molecule has 0 heterocycles. The molecule has 1 aromatic rings. The third kappa shape index (κ3) is 3.61. The van der Waals surface area contributed by atoms with Crippen LogP contribution < -0.4 is 9.47 Å². The lowest BCUT2D eigenvalue weighted by Crippen LogP contribution is -2.23. The topological polar surface area (TPSA) is 61.6 Å². The summed E-state index contributed by atoms with van der Waals surface area (Å²) in [7, 11) is 0. The van der Waals surface area contributed by atoms with E-state index in [2.05, 4.69) is 0 Å². The van der Waals surface area contributed by atoms with Crippen LogP contribution >= 0.6 is 0 Å². The Morgan fingerprint density at radius 3 is 2.33 bits per heavy atom. The van der Waals surface area contributed by atoms with Crippen molar-refractivity contribution in [3.63, 3.8) is 0 Å². The highest BCUT2D eigenvalue weighted by atomic mass is 16.6. The molecular formula is C13H17NO4. The Morgan fingerprint density at radius 2 is 1.83 bits per heavy atom. The second-order valence-electron chi connectivity index (χ2n) is 5.45. The van der Waals surface area contributed by atoms with Crippen molar-refractivity contribution in [2.75, 3.05) is 0 Å². The number of nitro benzene ring substituents is 1. The Labute approximate surface area is 106 Å². The van der Waals surface area contributed by atoms with Gasteiger partial charge in [-0.1, -0.05) is 0 Å². The van der Waals surface area contributed by atoms with Crippen LogP contribution in [0.5, 0.6) is 11.5 Å². The van der Waals surface area contributed by atoms with Gasteiger partial charge in [0.1, 0.15) is 17.1 Å². The lowest BCUT2D eigenvalue weighted by atomic mass is 10.2. The lowest BCUT2D eigenvalue weighted by Gasteiger charge is -2.21. The average molecular weight is 251 g/mol. The predicted molar refractivity (Wildman–Crippen MR) is 67.1 cm³/mol. The molecule has 1 fully saturated rings. The van der Waals surface area contributed by atoms with Crippen LogP contribution in [-0.4, -0.2) is 16.6 Å². The number of hydrogen-bond donors (Lipinski definition) is 0. The van der Waals surface area contributed by atoms with Gasteiger partial charge in [0.05, 0.1) is 23.2 Å². The molecule has 0 N–H and O–H groups in total. The molecule has 2 rings (SSSR count). The zero-order valence-electron chi connectivity index (χ0n) is 10.8. The molecule has 0 unspecified atom stereocenters. The number of rotatable bonds is 4. The van der Waals surface area contributed by atoms with Crippen molar-refractivity contribution in [3.05, 3.63) is 28.3 Å². The van der Waals surface area contributed by atoms with Gasteiger partial charge in [-0.2, -0.15) is 0 Å². The summed E-state index contributed by atoms with van der Waals surface area (Å²) in [6.07, 6.45) is 2.23. The second kappa shape index (κ2) is 4.48. The largest absolute Gasteiger partial charge is 0.490 e. The smallest absolute Gasteiger partial charge is 0.276 e. The van der Waals surface area contributed by atoms with Crippen molar-refractivity contribution in [2.24, 2.45) is 0 Å². The minimum absolute atomic E-state index is 0.00704. The molecule has 1 aliphatic carbocycles. The first-order valence-electron chi connectivity index (χ1n) is 5.99. The van der Waals surface area contributed by atoms with Gasteiger partial charge in [0.25, 0.3) is 5.69 Å². The minimum Gasteiger partial charge on any atom is -0.490 e. The van der Waals surface area contributed by atoms with Crippen LogP contribution in [0.1, 0.15) is 33.6 Å². The van der Waals surface area contributed by atoms with E-state index in [1.807, 2.05) is 20.8 Å². The molecule has 1 saturated carbocycles. The number of nitro groups is 1. The molecule has 18 heavy (non-hydrogen) atoms. The van der Waals surface area contributed by atoms with Crippen LogP contribution in [0, 0.1) is 10.1 Å². The van der Waals surface area contributed by atoms with Crippen LogP contribution in [0.15, 0.2) is 18.2 Å². The van der Waals surface area contributed by atoms with E-state index in [0.717, 1.165) is 12.8 Å². The molecule has 5 heteroatoms. The van der Waals surface area contributed by atoms with Gasteiger partial charge in [-0.3, -0.25) is 10.1 Å². The summed E-state index contributed by atoms with van der Waals surface area (Å²) < 4.78 is 11.2. The molecule has 0 aromatic heterocycles. The third-order valence-corrected chi connectivity index (χ3v) is 2.33. The van der Waals surface area contributed by atoms with E-state index in [9.17, 15) is 10.1 Å². The molecule has 5 nitrogen and oxygen atoms in total. The van der Waals surface area contributed by atoms with Gasteiger partial charge < -0.3 is 9.47 Å². The summed E-state index contributed by atoms with van der Waals surface area (Å²) in [5.41, 5.74) is -0.404. The highest BCUT2D eigenvalue weighted by Crippen LogP contribution is 2.33. The molecule has 0 radical (unpaired) electrons. The number of hydrogen-bond acceptors (Lipinski definition) is 4. The molecule has 0 atom stereocenters. The maximum Gasteiger partial charge on any atom is 0.276 e. The van der Waals surface area contributed by atoms with Crippen molar-refractivity contribution in [1.82, 2.24) is 0 Å². The molecule has 0 bridgehead atoms. The normalized spacial score (nSPS) is 15.3. The highest BCUT2D eigenvalue weighted by Gasteiger charge is 2.25. The summed E-state index contributed by atoms with van der Waals surface area (Å²) in [5, 5.41) is 10.9. The van der Waals surface area contributed by atoms with E-state index in [1.54, 1.807) is 6.07 Å². The van der Waals surface area contributed by atoms with Crippen molar-refractivity contribution >= 4 is 5.69 Å². The van der Waals surface area contributed by atoms with Crippen molar-refractivity contribution in [3.8, 4) is 11.5 Å². The molecular weight excluding hydrogens is 234 g/mol. The molecule has 0 spiro atoms. The quantitative estimate of drug-likeness (QED) is 0.608. The molecule has 0 aliphatic heterocycles. The van der Waals surface area contributed by atoms with Gasteiger partial charge in [0.2, 0.25) is 0 Å². The maximum atomic E-state index is 10.9. The Morgan fingerprint density at radius 1 is 1.22 bits per heavy atom. The van der Waals surface area contributed by atoms with Crippen LogP contribution in [0.2, 0.25) is 0 Å². The summed E-state index contributed by atoms with van der Waals surface area (Å²) >= 11 is 0. The van der Waals surface area contributed by atoms with Gasteiger partial charge in [0, 0.05) is 6.07 Å². The predicted octanol–water partition coefficient (Wildman–Crippen LogP) is 3.31. The van der Waals surface area contributed by atoms with Crippen LogP contribution in [-0.2, 0) is 0 Å².